The van der Waals surface area contributed by atoms with Gasteiger partial charge in [0.2, 0.25) is 0 Å². The highest BCUT2D eigenvalue weighted by Gasteiger charge is 2.48. The molecule has 0 aromatic heterocycles. The van der Waals surface area contributed by atoms with E-state index in [0.29, 0.717) is 24.2 Å². The second-order valence-corrected chi connectivity index (χ2v) is 6.11. The molecular weight excluding hydrogens is 200 g/mol. The van der Waals surface area contributed by atoms with Crippen molar-refractivity contribution in [1.82, 2.24) is 5.32 Å². The Morgan fingerprint density at radius 1 is 1.19 bits per heavy atom. The summed E-state index contributed by atoms with van der Waals surface area (Å²) in [6.07, 6.45) is 6.43. The van der Waals surface area contributed by atoms with Gasteiger partial charge in [0.1, 0.15) is 0 Å². The SMILES string of the molecule is COC1CC(NC2CCC(N)CC2)C1(C)C. The molecule has 2 aliphatic carbocycles. The van der Waals surface area contributed by atoms with Crippen molar-refractivity contribution in [3.8, 4) is 0 Å². The molecule has 94 valence electrons. The fraction of sp³-hybridized carbons (Fsp3) is 1.00. The highest BCUT2D eigenvalue weighted by Crippen LogP contribution is 2.43. The Hall–Kier alpha value is -0.120. The molecular formula is C13H26N2O. The van der Waals surface area contributed by atoms with E-state index in [2.05, 4.69) is 19.2 Å². The summed E-state index contributed by atoms with van der Waals surface area (Å²) >= 11 is 0. The molecule has 2 rings (SSSR count). The molecule has 0 aliphatic heterocycles. The minimum absolute atomic E-state index is 0.286. The van der Waals surface area contributed by atoms with Crippen LogP contribution in [0.25, 0.3) is 0 Å². The highest BCUT2D eigenvalue weighted by molar-refractivity contribution is 5.03. The number of hydrogen-bond donors (Lipinski definition) is 2. The Morgan fingerprint density at radius 2 is 1.81 bits per heavy atom. The van der Waals surface area contributed by atoms with Crippen LogP contribution in [0.2, 0.25) is 0 Å². The van der Waals surface area contributed by atoms with Gasteiger partial charge in [0.25, 0.3) is 0 Å². The molecule has 0 radical (unpaired) electrons. The van der Waals surface area contributed by atoms with Crippen LogP contribution in [0.4, 0.5) is 0 Å². The van der Waals surface area contributed by atoms with Crippen LogP contribution in [0.5, 0.6) is 0 Å². The van der Waals surface area contributed by atoms with E-state index in [4.69, 9.17) is 10.5 Å². The molecule has 3 N–H and O–H groups in total. The quantitative estimate of drug-likeness (QED) is 0.769. The normalized spacial score (nSPS) is 42.8. The first kappa shape index (κ1) is 12.3. The Balaban J connectivity index is 1.79. The van der Waals surface area contributed by atoms with E-state index in [1.54, 1.807) is 0 Å². The Morgan fingerprint density at radius 3 is 2.31 bits per heavy atom. The molecule has 2 aliphatic rings. The average molecular weight is 226 g/mol. The first-order valence-corrected chi connectivity index (χ1v) is 6.58. The number of nitrogens with two attached hydrogens (primary N) is 1. The van der Waals surface area contributed by atoms with Crippen LogP contribution in [0, 0.1) is 5.41 Å². The molecule has 0 aromatic carbocycles. The largest absolute Gasteiger partial charge is 0.381 e. The molecule has 2 unspecified atom stereocenters. The smallest absolute Gasteiger partial charge is 0.0652 e. The van der Waals surface area contributed by atoms with Crippen LogP contribution < -0.4 is 11.1 Å². The zero-order valence-corrected chi connectivity index (χ0v) is 10.8. The standard InChI is InChI=1S/C13H26N2O/c1-13(2)11(8-12(13)16-3)15-10-6-4-9(14)5-7-10/h9-12,15H,4-8,14H2,1-3H3. The van der Waals surface area contributed by atoms with E-state index in [-0.39, 0.29) is 5.41 Å². The molecule has 0 aromatic rings. The van der Waals surface area contributed by atoms with E-state index < -0.39 is 0 Å². The second kappa shape index (κ2) is 4.63. The van der Waals surface area contributed by atoms with Gasteiger partial charge in [-0.2, -0.15) is 0 Å². The molecule has 0 bridgehead atoms. The maximum absolute atomic E-state index is 5.92. The maximum atomic E-state index is 5.92. The third kappa shape index (κ3) is 2.27. The van der Waals surface area contributed by atoms with E-state index in [1.165, 1.54) is 25.7 Å². The topological polar surface area (TPSA) is 47.3 Å². The summed E-state index contributed by atoms with van der Waals surface area (Å²) in [6, 6.07) is 1.75. The van der Waals surface area contributed by atoms with Crippen LogP contribution in [0.15, 0.2) is 0 Å². The van der Waals surface area contributed by atoms with Crippen molar-refractivity contribution < 1.29 is 4.74 Å². The monoisotopic (exact) mass is 226 g/mol. The van der Waals surface area contributed by atoms with Crippen LogP contribution >= 0.6 is 0 Å². The van der Waals surface area contributed by atoms with E-state index in [0.717, 1.165) is 6.42 Å². The van der Waals surface area contributed by atoms with Gasteiger partial charge in [-0.15, -0.1) is 0 Å². The summed E-state index contributed by atoms with van der Waals surface area (Å²) in [5.74, 6) is 0. The van der Waals surface area contributed by atoms with Crippen LogP contribution in [-0.2, 0) is 4.74 Å². The van der Waals surface area contributed by atoms with Crippen molar-refractivity contribution in [2.45, 2.75) is 70.2 Å². The summed E-state index contributed by atoms with van der Waals surface area (Å²) in [6.45, 7) is 4.60. The summed E-state index contributed by atoms with van der Waals surface area (Å²) in [7, 11) is 1.82. The first-order chi connectivity index (χ1) is 7.54. The number of ether oxygens (including phenoxy) is 1. The number of hydrogen-bond acceptors (Lipinski definition) is 3. The fourth-order valence-corrected chi connectivity index (χ4v) is 3.14. The molecule has 3 heteroatoms. The lowest BCUT2D eigenvalue weighted by Gasteiger charge is -2.53. The molecule has 0 saturated heterocycles. The summed E-state index contributed by atoms with van der Waals surface area (Å²) in [5.41, 5.74) is 6.21. The van der Waals surface area contributed by atoms with Crippen LogP contribution in [-0.4, -0.2) is 31.3 Å². The van der Waals surface area contributed by atoms with Gasteiger partial charge in [0, 0.05) is 30.7 Å². The molecule has 0 amide bonds. The Bertz CT molecular complexity index is 234. The first-order valence-electron chi connectivity index (χ1n) is 6.58. The van der Waals surface area contributed by atoms with Crippen molar-refractivity contribution >= 4 is 0 Å². The minimum atomic E-state index is 0.286. The molecule has 0 heterocycles. The maximum Gasteiger partial charge on any atom is 0.0652 e. The van der Waals surface area contributed by atoms with Crippen molar-refractivity contribution in [3.63, 3.8) is 0 Å². The van der Waals surface area contributed by atoms with Crippen molar-refractivity contribution in [1.29, 1.82) is 0 Å². The van der Waals surface area contributed by atoms with Gasteiger partial charge < -0.3 is 15.8 Å². The zero-order valence-electron chi connectivity index (χ0n) is 10.8. The van der Waals surface area contributed by atoms with Gasteiger partial charge in [-0.05, 0) is 32.1 Å². The van der Waals surface area contributed by atoms with Gasteiger partial charge >= 0.3 is 0 Å². The van der Waals surface area contributed by atoms with E-state index >= 15 is 0 Å². The third-order valence-corrected chi connectivity index (χ3v) is 4.67. The second-order valence-electron chi connectivity index (χ2n) is 6.11. The van der Waals surface area contributed by atoms with Gasteiger partial charge in [-0.25, -0.2) is 0 Å². The van der Waals surface area contributed by atoms with E-state index in [1.807, 2.05) is 7.11 Å². The number of methoxy groups -OCH3 is 1. The molecule has 16 heavy (non-hydrogen) atoms. The molecule has 2 saturated carbocycles. The fourth-order valence-electron chi connectivity index (χ4n) is 3.14. The van der Waals surface area contributed by atoms with Gasteiger partial charge in [0.15, 0.2) is 0 Å². The van der Waals surface area contributed by atoms with Crippen molar-refractivity contribution in [3.05, 3.63) is 0 Å². The highest BCUT2D eigenvalue weighted by atomic mass is 16.5. The van der Waals surface area contributed by atoms with E-state index in [9.17, 15) is 0 Å². The number of nitrogens with one attached hydrogen (secondary N) is 1. The summed E-state index contributed by atoms with van der Waals surface area (Å²) in [5, 5.41) is 3.79. The predicted octanol–water partition coefficient (Wildman–Crippen LogP) is 1.66. The van der Waals surface area contributed by atoms with Gasteiger partial charge in [-0.1, -0.05) is 13.8 Å². The summed E-state index contributed by atoms with van der Waals surface area (Å²) < 4.78 is 5.48. The molecule has 0 spiro atoms. The average Bonchev–Trinajstić information content (AvgIpc) is 2.26. The van der Waals surface area contributed by atoms with Gasteiger partial charge in [0.05, 0.1) is 6.10 Å². The third-order valence-electron chi connectivity index (χ3n) is 4.67. The zero-order chi connectivity index (χ0) is 11.8. The lowest BCUT2D eigenvalue weighted by atomic mass is 9.64. The van der Waals surface area contributed by atoms with Crippen LogP contribution in [0.1, 0.15) is 46.0 Å². The lowest BCUT2D eigenvalue weighted by molar-refractivity contribution is -0.101. The minimum Gasteiger partial charge on any atom is -0.381 e. The summed E-state index contributed by atoms with van der Waals surface area (Å²) in [4.78, 5) is 0. The lowest BCUT2D eigenvalue weighted by Crippen LogP contribution is -2.62. The predicted molar refractivity (Wildman–Crippen MR) is 66.4 cm³/mol. The van der Waals surface area contributed by atoms with Crippen molar-refractivity contribution in [2.24, 2.45) is 11.1 Å². The number of rotatable bonds is 3. The molecule has 2 atom stereocenters. The van der Waals surface area contributed by atoms with Crippen molar-refractivity contribution in [2.75, 3.05) is 7.11 Å². The van der Waals surface area contributed by atoms with Gasteiger partial charge in [-0.3, -0.25) is 0 Å². The molecule has 3 nitrogen and oxygen atoms in total. The Kier molecular flexibility index (Phi) is 3.57. The Labute approximate surface area is 99.1 Å². The molecule has 2 fully saturated rings. The van der Waals surface area contributed by atoms with Crippen LogP contribution in [0.3, 0.4) is 0 Å².